The van der Waals surface area contributed by atoms with E-state index in [1.54, 1.807) is 7.11 Å². The first-order valence-electron chi connectivity index (χ1n) is 4.54. The average molecular weight is 173 g/mol. The minimum Gasteiger partial charge on any atom is -0.381 e. The molecular formula is C9H19NO2. The summed E-state index contributed by atoms with van der Waals surface area (Å²) in [6.45, 7) is 4.70. The van der Waals surface area contributed by atoms with E-state index in [0.29, 0.717) is 13.0 Å². The van der Waals surface area contributed by atoms with Crippen molar-refractivity contribution in [3.63, 3.8) is 0 Å². The van der Waals surface area contributed by atoms with Crippen LogP contribution in [0.4, 0.5) is 0 Å². The van der Waals surface area contributed by atoms with Crippen LogP contribution in [0.2, 0.25) is 0 Å². The Balaban J connectivity index is 3.61. The third kappa shape index (κ3) is 5.13. The fourth-order valence-corrected chi connectivity index (χ4v) is 1.10. The van der Waals surface area contributed by atoms with E-state index in [2.05, 4.69) is 12.2 Å². The van der Waals surface area contributed by atoms with Crippen molar-refractivity contribution in [1.82, 2.24) is 5.32 Å². The molecule has 12 heavy (non-hydrogen) atoms. The first-order valence-corrected chi connectivity index (χ1v) is 4.54. The quantitative estimate of drug-likeness (QED) is 0.658. The second-order valence-electron chi connectivity index (χ2n) is 2.80. The van der Waals surface area contributed by atoms with Gasteiger partial charge >= 0.3 is 0 Å². The highest BCUT2D eigenvalue weighted by molar-refractivity contribution is 5.76. The molecule has 0 aromatic carbocycles. The molecular weight excluding hydrogens is 154 g/mol. The van der Waals surface area contributed by atoms with E-state index in [-0.39, 0.29) is 12.0 Å². The van der Waals surface area contributed by atoms with Crippen molar-refractivity contribution in [3.8, 4) is 0 Å². The molecule has 72 valence electrons. The SMILES string of the molecule is CCCC(CC(=O)NCC)OC. The Morgan fingerprint density at radius 3 is 2.58 bits per heavy atom. The second kappa shape index (κ2) is 7.10. The van der Waals surface area contributed by atoms with Gasteiger partial charge in [-0.3, -0.25) is 4.79 Å². The van der Waals surface area contributed by atoms with Crippen molar-refractivity contribution >= 4 is 5.91 Å². The number of ether oxygens (including phenoxy) is 1. The number of nitrogens with one attached hydrogen (secondary N) is 1. The summed E-state index contributed by atoms with van der Waals surface area (Å²) in [5, 5.41) is 2.75. The van der Waals surface area contributed by atoms with E-state index in [9.17, 15) is 4.79 Å². The lowest BCUT2D eigenvalue weighted by atomic mass is 10.1. The zero-order chi connectivity index (χ0) is 9.40. The van der Waals surface area contributed by atoms with Crippen molar-refractivity contribution in [2.75, 3.05) is 13.7 Å². The summed E-state index contributed by atoms with van der Waals surface area (Å²) >= 11 is 0. The minimum atomic E-state index is 0.0813. The van der Waals surface area contributed by atoms with Gasteiger partial charge in [0.05, 0.1) is 12.5 Å². The van der Waals surface area contributed by atoms with Crippen molar-refractivity contribution in [2.24, 2.45) is 0 Å². The third-order valence-corrected chi connectivity index (χ3v) is 1.73. The van der Waals surface area contributed by atoms with E-state index in [1.807, 2.05) is 6.92 Å². The number of carbonyl (C=O) groups is 1. The second-order valence-corrected chi connectivity index (χ2v) is 2.80. The first-order chi connectivity index (χ1) is 5.74. The zero-order valence-corrected chi connectivity index (χ0v) is 8.22. The van der Waals surface area contributed by atoms with Crippen LogP contribution < -0.4 is 5.32 Å². The molecule has 0 heterocycles. The lowest BCUT2D eigenvalue weighted by Gasteiger charge is -2.13. The molecule has 3 nitrogen and oxygen atoms in total. The molecule has 1 atom stereocenters. The average Bonchev–Trinajstić information content (AvgIpc) is 2.04. The van der Waals surface area contributed by atoms with Gasteiger partial charge in [0, 0.05) is 13.7 Å². The van der Waals surface area contributed by atoms with Gasteiger partial charge < -0.3 is 10.1 Å². The molecule has 0 spiro atoms. The molecule has 0 aliphatic heterocycles. The van der Waals surface area contributed by atoms with Crippen LogP contribution in [-0.4, -0.2) is 25.7 Å². The van der Waals surface area contributed by atoms with E-state index in [4.69, 9.17) is 4.74 Å². The molecule has 0 aliphatic carbocycles. The summed E-state index contributed by atoms with van der Waals surface area (Å²) < 4.78 is 5.15. The molecule has 0 bridgehead atoms. The predicted molar refractivity (Wildman–Crippen MR) is 49.0 cm³/mol. The monoisotopic (exact) mass is 173 g/mol. The Bertz CT molecular complexity index is 126. The lowest BCUT2D eigenvalue weighted by molar-refractivity contribution is -0.123. The number of amides is 1. The summed E-state index contributed by atoms with van der Waals surface area (Å²) in [5.74, 6) is 0.0813. The number of hydrogen-bond donors (Lipinski definition) is 1. The molecule has 0 aromatic rings. The number of hydrogen-bond acceptors (Lipinski definition) is 2. The smallest absolute Gasteiger partial charge is 0.222 e. The van der Waals surface area contributed by atoms with Crippen LogP contribution in [0.15, 0.2) is 0 Å². The fraction of sp³-hybridized carbons (Fsp3) is 0.889. The lowest BCUT2D eigenvalue weighted by Crippen LogP contribution is -2.27. The Kier molecular flexibility index (Phi) is 6.76. The molecule has 1 amide bonds. The van der Waals surface area contributed by atoms with Gasteiger partial charge in [0.15, 0.2) is 0 Å². The van der Waals surface area contributed by atoms with Gasteiger partial charge in [-0.05, 0) is 13.3 Å². The van der Waals surface area contributed by atoms with E-state index in [0.717, 1.165) is 12.8 Å². The summed E-state index contributed by atoms with van der Waals surface area (Å²) in [6.07, 6.45) is 2.57. The van der Waals surface area contributed by atoms with Gasteiger partial charge in [0.2, 0.25) is 5.91 Å². The van der Waals surface area contributed by atoms with Crippen LogP contribution >= 0.6 is 0 Å². The number of rotatable bonds is 6. The van der Waals surface area contributed by atoms with E-state index >= 15 is 0 Å². The van der Waals surface area contributed by atoms with Crippen LogP contribution in [-0.2, 0) is 9.53 Å². The van der Waals surface area contributed by atoms with Crippen LogP contribution in [0.5, 0.6) is 0 Å². The summed E-state index contributed by atoms with van der Waals surface area (Å²) in [7, 11) is 1.65. The molecule has 0 radical (unpaired) electrons. The summed E-state index contributed by atoms with van der Waals surface area (Å²) in [6, 6.07) is 0. The van der Waals surface area contributed by atoms with Crippen molar-refractivity contribution in [1.29, 1.82) is 0 Å². The Morgan fingerprint density at radius 1 is 1.50 bits per heavy atom. The molecule has 1 N–H and O–H groups in total. The van der Waals surface area contributed by atoms with E-state index in [1.165, 1.54) is 0 Å². The van der Waals surface area contributed by atoms with Gasteiger partial charge in [-0.1, -0.05) is 13.3 Å². The standard InChI is InChI=1S/C9H19NO2/c1-4-6-8(12-3)7-9(11)10-5-2/h8H,4-7H2,1-3H3,(H,10,11). The molecule has 1 unspecified atom stereocenters. The number of carbonyl (C=O) groups excluding carboxylic acids is 1. The van der Waals surface area contributed by atoms with Crippen LogP contribution in [0.1, 0.15) is 33.1 Å². The molecule has 0 rings (SSSR count). The number of methoxy groups -OCH3 is 1. The van der Waals surface area contributed by atoms with Crippen molar-refractivity contribution in [2.45, 2.75) is 39.2 Å². The molecule has 0 fully saturated rings. The van der Waals surface area contributed by atoms with Gasteiger partial charge in [-0.2, -0.15) is 0 Å². The van der Waals surface area contributed by atoms with Crippen molar-refractivity contribution < 1.29 is 9.53 Å². The normalized spacial score (nSPS) is 12.6. The Hall–Kier alpha value is -0.570. The molecule has 0 aliphatic rings. The highest BCUT2D eigenvalue weighted by Crippen LogP contribution is 2.04. The van der Waals surface area contributed by atoms with Crippen LogP contribution in [0, 0.1) is 0 Å². The third-order valence-electron chi connectivity index (χ3n) is 1.73. The van der Waals surface area contributed by atoms with E-state index < -0.39 is 0 Å². The largest absolute Gasteiger partial charge is 0.381 e. The molecule has 0 aromatic heterocycles. The fourth-order valence-electron chi connectivity index (χ4n) is 1.10. The Labute approximate surface area is 74.5 Å². The Morgan fingerprint density at radius 2 is 2.17 bits per heavy atom. The summed E-state index contributed by atoms with van der Waals surface area (Å²) in [4.78, 5) is 11.1. The van der Waals surface area contributed by atoms with Crippen LogP contribution in [0.25, 0.3) is 0 Å². The van der Waals surface area contributed by atoms with Gasteiger partial charge in [-0.25, -0.2) is 0 Å². The first kappa shape index (κ1) is 11.4. The minimum absolute atomic E-state index is 0.0813. The highest BCUT2D eigenvalue weighted by Gasteiger charge is 2.10. The topological polar surface area (TPSA) is 38.3 Å². The predicted octanol–water partition coefficient (Wildman–Crippen LogP) is 1.33. The maximum absolute atomic E-state index is 11.1. The molecule has 0 saturated heterocycles. The summed E-state index contributed by atoms with van der Waals surface area (Å²) in [5.41, 5.74) is 0. The van der Waals surface area contributed by atoms with Gasteiger partial charge in [0.1, 0.15) is 0 Å². The van der Waals surface area contributed by atoms with Gasteiger partial charge in [-0.15, -0.1) is 0 Å². The maximum Gasteiger partial charge on any atom is 0.222 e. The molecule has 3 heteroatoms. The van der Waals surface area contributed by atoms with Crippen molar-refractivity contribution in [3.05, 3.63) is 0 Å². The highest BCUT2D eigenvalue weighted by atomic mass is 16.5. The zero-order valence-electron chi connectivity index (χ0n) is 8.22. The van der Waals surface area contributed by atoms with Crippen LogP contribution in [0.3, 0.4) is 0 Å². The molecule has 0 saturated carbocycles. The van der Waals surface area contributed by atoms with Gasteiger partial charge in [0.25, 0.3) is 0 Å². The maximum atomic E-state index is 11.1.